The zero-order valence-electron chi connectivity index (χ0n) is 13.2. The second-order valence-electron chi connectivity index (χ2n) is 5.87. The summed E-state index contributed by atoms with van der Waals surface area (Å²) in [6.07, 6.45) is 2.25. The highest BCUT2D eigenvalue weighted by Gasteiger charge is 2.37. The first-order valence-electron chi connectivity index (χ1n) is 7.89. The number of para-hydroxylation sites is 1. The summed E-state index contributed by atoms with van der Waals surface area (Å²) in [4.78, 5) is 0. The van der Waals surface area contributed by atoms with Crippen molar-refractivity contribution in [2.45, 2.75) is 38.6 Å². The summed E-state index contributed by atoms with van der Waals surface area (Å²) in [5, 5.41) is 6.87. The van der Waals surface area contributed by atoms with E-state index in [9.17, 15) is 0 Å². The van der Waals surface area contributed by atoms with Gasteiger partial charge < -0.3 is 10.6 Å². The van der Waals surface area contributed by atoms with Gasteiger partial charge in [-0.3, -0.25) is 0 Å². The monoisotopic (exact) mass is 280 g/mol. The summed E-state index contributed by atoms with van der Waals surface area (Å²) < 4.78 is 0. The molecule has 2 aromatic rings. The summed E-state index contributed by atoms with van der Waals surface area (Å²) in [7, 11) is 2.00. The van der Waals surface area contributed by atoms with E-state index < -0.39 is 0 Å². The van der Waals surface area contributed by atoms with Crippen LogP contribution < -0.4 is 10.6 Å². The number of hydrogen-bond acceptors (Lipinski definition) is 2. The third kappa shape index (κ3) is 2.14. The Labute approximate surface area is 127 Å². The average molecular weight is 280 g/mol. The first-order chi connectivity index (χ1) is 10.2. The molecule has 0 amide bonds. The highest BCUT2D eigenvalue weighted by atomic mass is 14.9. The molecule has 0 unspecified atom stereocenters. The van der Waals surface area contributed by atoms with E-state index in [0.29, 0.717) is 0 Å². The maximum atomic E-state index is 3.61. The molecule has 3 rings (SSSR count). The van der Waals surface area contributed by atoms with Gasteiger partial charge in [0, 0.05) is 23.3 Å². The van der Waals surface area contributed by atoms with Crippen molar-refractivity contribution in [3.63, 3.8) is 0 Å². The molecule has 0 saturated carbocycles. The second kappa shape index (κ2) is 5.53. The molecule has 0 aromatic heterocycles. The molecule has 2 nitrogen and oxygen atoms in total. The largest absolute Gasteiger partial charge is 0.355 e. The van der Waals surface area contributed by atoms with Crippen molar-refractivity contribution < 1.29 is 0 Å². The summed E-state index contributed by atoms with van der Waals surface area (Å²) in [6.45, 7) is 5.53. The third-order valence-corrected chi connectivity index (χ3v) is 4.90. The average Bonchev–Trinajstić information content (AvgIpc) is 2.53. The van der Waals surface area contributed by atoms with Gasteiger partial charge >= 0.3 is 0 Å². The fraction of sp³-hybridized carbons (Fsp3) is 0.368. The number of nitrogens with one attached hydrogen (secondary N) is 2. The summed E-state index contributed by atoms with van der Waals surface area (Å²) in [5.41, 5.74) is 6.88. The standard InChI is InChI=1S/C19H24N2/c1-4-19(5-2)15-8-6-7-9-17(15)21-18-11-10-14(13-20-3)12-16(18)19/h6-12,20-21H,4-5,13H2,1-3H3. The highest BCUT2D eigenvalue weighted by molar-refractivity contribution is 5.76. The minimum Gasteiger partial charge on any atom is -0.355 e. The van der Waals surface area contributed by atoms with E-state index in [4.69, 9.17) is 0 Å². The van der Waals surface area contributed by atoms with Crippen LogP contribution in [0.25, 0.3) is 0 Å². The van der Waals surface area contributed by atoms with Crippen molar-refractivity contribution in [2.75, 3.05) is 12.4 Å². The zero-order valence-corrected chi connectivity index (χ0v) is 13.2. The molecule has 1 aliphatic rings. The lowest BCUT2D eigenvalue weighted by molar-refractivity contribution is 0.476. The minimum atomic E-state index is 0.126. The van der Waals surface area contributed by atoms with Crippen LogP contribution in [0.15, 0.2) is 42.5 Å². The first-order valence-corrected chi connectivity index (χ1v) is 7.89. The van der Waals surface area contributed by atoms with Crippen molar-refractivity contribution in [1.82, 2.24) is 5.32 Å². The molecule has 0 spiro atoms. The van der Waals surface area contributed by atoms with Gasteiger partial charge in [0.15, 0.2) is 0 Å². The molecule has 0 fully saturated rings. The van der Waals surface area contributed by atoms with Gasteiger partial charge in [0.2, 0.25) is 0 Å². The molecule has 2 aromatic carbocycles. The summed E-state index contributed by atoms with van der Waals surface area (Å²) in [5.74, 6) is 0. The number of fused-ring (bicyclic) bond motifs is 2. The number of benzene rings is 2. The fourth-order valence-corrected chi connectivity index (χ4v) is 3.72. The smallest absolute Gasteiger partial charge is 0.0426 e. The Bertz CT molecular complexity index is 642. The predicted octanol–water partition coefficient (Wildman–Crippen LogP) is 4.57. The molecular formula is C19H24N2. The van der Waals surface area contributed by atoms with Gasteiger partial charge in [-0.1, -0.05) is 44.2 Å². The first kappa shape index (κ1) is 14.2. The number of hydrogen-bond donors (Lipinski definition) is 2. The van der Waals surface area contributed by atoms with E-state index in [1.54, 1.807) is 0 Å². The van der Waals surface area contributed by atoms with E-state index in [0.717, 1.165) is 19.4 Å². The maximum Gasteiger partial charge on any atom is 0.0426 e. The van der Waals surface area contributed by atoms with Crippen LogP contribution in [0.3, 0.4) is 0 Å². The molecule has 1 aliphatic heterocycles. The van der Waals surface area contributed by atoms with E-state index in [1.165, 1.54) is 28.1 Å². The van der Waals surface area contributed by atoms with Gasteiger partial charge in [-0.15, -0.1) is 0 Å². The van der Waals surface area contributed by atoms with Crippen LogP contribution >= 0.6 is 0 Å². The van der Waals surface area contributed by atoms with Crippen molar-refractivity contribution in [1.29, 1.82) is 0 Å². The van der Waals surface area contributed by atoms with Gasteiger partial charge in [0.1, 0.15) is 0 Å². The Morgan fingerprint density at radius 1 is 0.952 bits per heavy atom. The number of rotatable bonds is 4. The van der Waals surface area contributed by atoms with Gasteiger partial charge in [-0.25, -0.2) is 0 Å². The molecule has 0 radical (unpaired) electrons. The van der Waals surface area contributed by atoms with Crippen LogP contribution in [0.4, 0.5) is 11.4 Å². The Morgan fingerprint density at radius 2 is 1.67 bits per heavy atom. The molecule has 0 aliphatic carbocycles. The van der Waals surface area contributed by atoms with Crippen LogP contribution in [0.1, 0.15) is 43.4 Å². The second-order valence-corrected chi connectivity index (χ2v) is 5.87. The molecular weight excluding hydrogens is 256 g/mol. The minimum absolute atomic E-state index is 0.126. The van der Waals surface area contributed by atoms with Crippen LogP contribution in [0.5, 0.6) is 0 Å². The Morgan fingerprint density at radius 3 is 2.38 bits per heavy atom. The molecule has 0 saturated heterocycles. The van der Waals surface area contributed by atoms with Crippen molar-refractivity contribution in [2.24, 2.45) is 0 Å². The van der Waals surface area contributed by atoms with Crippen LogP contribution in [-0.2, 0) is 12.0 Å². The van der Waals surface area contributed by atoms with Crippen LogP contribution in [0.2, 0.25) is 0 Å². The molecule has 2 N–H and O–H groups in total. The van der Waals surface area contributed by atoms with E-state index >= 15 is 0 Å². The number of anilines is 2. The van der Waals surface area contributed by atoms with Gasteiger partial charge in [-0.05, 0) is 48.7 Å². The highest BCUT2D eigenvalue weighted by Crippen LogP contribution is 2.49. The quantitative estimate of drug-likeness (QED) is 0.857. The molecule has 2 heteroatoms. The van der Waals surface area contributed by atoms with Gasteiger partial charge in [-0.2, -0.15) is 0 Å². The van der Waals surface area contributed by atoms with E-state index in [1.807, 2.05) is 7.05 Å². The lowest BCUT2D eigenvalue weighted by Crippen LogP contribution is -2.31. The molecule has 21 heavy (non-hydrogen) atoms. The van der Waals surface area contributed by atoms with Gasteiger partial charge in [0.05, 0.1) is 0 Å². The lowest BCUT2D eigenvalue weighted by atomic mass is 9.67. The Kier molecular flexibility index (Phi) is 3.73. The lowest BCUT2D eigenvalue weighted by Gasteiger charge is -2.40. The maximum absolute atomic E-state index is 3.61. The van der Waals surface area contributed by atoms with E-state index in [2.05, 4.69) is 66.9 Å². The normalized spacial score (nSPS) is 15.0. The molecule has 0 atom stereocenters. The van der Waals surface area contributed by atoms with Crippen molar-refractivity contribution in [3.05, 3.63) is 59.2 Å². The van der Waals surface area contributed by atoms with Crippen molar-refractivity contribution >= 4 is 11.4 Å². The van der Waals surface area contributed by atoms with Gasteiger partial charge in [0.25, 0.3) is 0 Å². The topological polar surface area (TPSA) is 24.1 Å². The SMILES string of the molecule is CCC1(CC)c2ccccc2Nc2ccc(CNC)cc21. The zero-order chi connectivity index (χ0) is 14.9. The summed E-state index contributed by atoms with van der Waals surface area (Å²) in [6, 6.07) is 15.6. The molecule has 0 bridgehead atoms. The van der Waals surface area contributed by atoms with Crippen LogP contribution in [-0.4, -0.2) is 7.05 Å². The van der Waals surface area contributed by atoms with Crippen molar-refractivity contribution in [3.8, 4) is 0 Å². The Hall–Kier alpha value is -1.80. The fourth-order valence-electron chi connectivity index (χ4n) is 3.72. The van der Waals surface area contributed by atoms with Crippen LogP contribution in [0, 0.1) is 0 Å². The van der Waals surface area contributed by atoms with E-state index in [-0.39, 0.29) is 5.41 Å². The summed E-state index contributed by atoms with van der Waals surface area (Å²) >= 11 is 0. The predicted molar refractivity (Wildman–Crippen MR) is 90.3 cm³/mol. The molecule has 110 valence electrons. The Balaban J connectivity index is 2.21. The molecule has 1 heterocycles. The third-order valence-electron chi connectivity index (χ3n) is 4.90.